The largest absolute Gasteiger partial charge is 0.464 e. The quantitative estimate of drug-likeness (QED) is 0.397. The fourth-order valence-corrected chi connectivity index (χ4v) is 4.83. The Bertz CT molecular complexity index is 1260. The van der Waals surface area contributed by atoms with Gasteiger partial charge in [-0.3, -0.25) is 4.79 Å². The van der Waals surface area contributed by atoms with Crippen LogP contribution < -0.4 is 10.2 Å². The maximum atomic E-state index is 13.2. The van der Waals surface area contributed by atoms with Gasteiger partial charge in [-0.15, -0.1) is 0 Å². The molecule has 5 rings (SSSR count). The van der Waals surface area contributed by atoms with Crippen LogP contribution in [-0.4, -0.2) is 24.0 Å². The lowest BCUT2D eigenvalue weighted by atomic mass is 9.97. The normalized spacial score (nSPS) is 15.0. The van der Waals surface area contributed by atoms with E-state index in [1.807, 2.05) is 43.5 Å². The van der Waals surface area contributed by atoms with E-state index in [4.69, 9.17) is 4.42 Å². The molecule has 2 N–H and O–H groups in total. The average molecular weight is 442 g/mol. The van der Waals surface area contributed by atoms with Crippen LogP contribution in [0.1, 0.15) is 53.5 Å². The van der Waals surface area contributed by atoms with Crippen molar-refractivity contribution in [1.82, 2.24) is 10.3 Å². The maximum Gasteiger partial charge on any atom is 0.225 e. The van der Waals surface area contributed by atoms with E-state index < -0.39 is 0 Å². The summed E-state index contributed by atoms with van der Waals surface area (Å²) in [5, 5.41) is 4.40. The predicted molar refractivity (Wildman–Crippen MR) is 133 cm³/mol. The number of aryl methyl sites for hydroxylation is 2. The third-order valence-electron chi connectivity index (χ3n) is 6.53. The zero-order chi connectivity index (χ0) is 22.8. The van der Waals surface area contributed by atoms with Crippen LogP contribution in [0.5, 0.6) is 0 Å². The van der Waals surface area contributed by atoms with Gasteiger partial charge in [-0.25, -0.2) is 0 Å². The molecule has 1 fully saturated rings. The van der Waals surface area contributed by atoms with Crippen molar-refractivity contribution in [2.75, 3.05) is 18.0 Å². The minimum Gasteiger partial charge on any atom is -0.464 e. The zero-order valence-corrected chi connectivity index (χ0v) is 19.4. The Kier molecular flexibility index (Phi) is 5.95. The molecule has 0 bridgehead atoms. The third kappa shape index (κ3) is 4.68. The topological polar surface area (TPSA) is 61.3 Å². The number of furan rings is 1. The molecule has 4 aromatic rings. The summed E-state index contributed by atoms with van der Waals surface area (Å²) < 4.78 is 6.03. The molecule has 1 aliphatic rings. The number of hydrogen-bond acceptors (Lipinski definition) is 3. The molecule has 2 aromatic heterocycles. The molecule has 0 aliphatic carbocycles. The number of rotatable bonds is 6. The minimum absolute atomic E-state index is 0.0193. The van der Waals surface area contributed by atoms with Crippen molar-refractivity contribution in [3.63, 3.8) is 0 Å². The van der Waals surface area contributed by atoms with Gasteiger partial charge in [0.15, 0.2) is 0 Å². The Hall–Kier alpha value is -3.47. The van der Waals surface area contributed by atoms with Gasteiger partial charge in [0.05, 0.1) is 6.42 Å². The summed E-state index contributed by atoms with van der Waals surface area (Å²) >= 11 is 0. The number of fused-ring (bicyclic) bond motifs is 1. The summed E-state index contributed by atoms with van der Waals surface area (Å²) in [6.45, 7) is 6.16. The van der Waals surface area contributed by atoms with E-state index in [9.17, 15) is 4.79 Å². The van der Waals surface area contributed by atoms with Crippen LogP contribution in [0.2, 0.25) is 0 Å². The Morgan fingerprint density at radius 2 is 1.88 bits per heavy atom. The number of benzene rings is 2. The molecule has 5 heteroatoms. The Morgan fingerprint density at radius 1 is 1.03 bits per heavy atom. The number of hydrogen-bond donors (Lipinski definition) is 2. The standard InChI is InChI=1S/C28H31N3O2/c1-19-6-9-23(25(16-19)31-14-4-3-5-15-31)28(26-11-7-20(2)33-26)30-27(32)18-21-8-10-24-22(17-21)12-13-29-24/h6-13,16-17,28-29H,3-5,14-15,18H2,1-2H3,(H,30,32). The number of anilines is 1. The second-order valence-corrected chi connectivity index (χ2v) is 9.13. The molecular formula is C28H31N3O2. The molecule has 1 saturated heterocycles. The summed E-state index contributed by atoms with van der Waals surface area (Å²) in [5.74, 6) is 1.59. The van der Waals surface area contributed by atoms with Crippen LogP contribution in [0, 0.1) is 13.8 Å². The Balaban J connectivity index is 1.46. The summed E-state index contributed by atoms with van der Waals surface area (Å²) in [5.41, 5.74) is 5.58. The molecule has 0 spiro atoms. The first-order valence-corrected chi connectivity index (χ1v) is 11.8. The molecule has 1 aliphatic heterocycles. The van der Waals surface area contributed by atoms with Crippen LogP contribution in [-0.2, 0) is 11.2 Å². The van der Waals surface area contributed by atoms with Crippen molar-refractivity contribution < 1.29 is 9.21 Å². The molecule has 2 aromatic carbocycles. The average Bonchev–Trinajstić information content (AvgIpc) is 3.47. The first-order valence-electron chi connectivity index (χ1n) is 11.8. The highest BCUT2D eigenvalue weighted by Gasteiger charge is 2.26. The number of carbonyl (C=O) groups excluding carboxylic acids is 1. The van der Waals surface area contributed by atoms with Gasteiger partial charge in [0.2, 0.25) is 5.91 Å². The fraction of sp³-hybridized carbons (Fsp3) is 0.321. The third-order valence-corrected chi connectivity index (χ3v) is 6.53. The summed E-state index contributed by atoms with van der Waals surface area (Å²) in [6, 6.07) is 18.3. The van der Waals surface area contributed by atoms with E-state index in [1.54, 1.807) is 0 Å². The molecule has 1 unspecified atom stereocenters. The second-order valence-electron chi connectivity index (χ2n) is 9.13. The molecule has 0 saturated carbocycles. The zero-order valence-electron chi connectivity index (χ0n) is 19.4. The van der Waals surface area contributed by atoms with Gasteiger partial charge in [-0.05, 0) is 86.0 Å². The number of amides is 1. The molecule has 3 heterocycles. The van der Waals surface area contributed by atoms with Gasteiger partial charge in [0, 0.05) is 36.1 Å². The Morgan fingerprint density at radius 3 is 2.67 bits per heavy atom. The van der Waals surface area contributed by atoms with Crippen molar-refractivity contribution in [3.05, 3.63) is 89.0 Å². The van der Waals surface area contributed by atoms with Gasteiger partial charge in [-0.1, -0.05) is 18.2 Å². The number of H-pyrrole nitrogens is 1. The number of aromatic amines is 1. The van der Waals surface area contributed by atoms with E-state index in [0.717, 1.165) is 46.6 Å². The minimum atomic E-state index is -0.334. The van der Waals surface area contributed by atoms with E-state index in [2.05, 4.69) is 46.4 Å². The number of nitrogens with one attached hydrogen (secondary N) is 2. The van der Waals surface area contributed by atoms with Gasteiger partial charge >= 0.3 is 0 Å². The molecule has 0 radical (unpaired) electrons. The van der Waals surface area contributed by atoms with Gasteiger partial charge in [0.1, 0.15) is 17.6 Å². The van der Waals surface area contributed by atoms with Crippen LogP contribution in [0.25, 0.3) is 10.9 Å². The number of piperidine rings is 1. The van der Waals surface area contributed by atoms with Crippen LogP contribution in [0.15, 0.2) is 65.2 Å². The smallest absolute Gasteiger partial charge is 0.225 e. The van der Waals surface area contributed by atoms with Crippen LogP contribution in [0.3, 0.4) is 0 Å². The number of nitrogens with zero attached hydrogens (tertiary/aromatic N) is 1. The van der Waals surface area contributed by atoms with Gasteiger partial charge in [0.25, 0.3) is 0 Å². The highest BCUT2D eigenvalue weighted by Crippen LogP contribution is 2.34. The summed E-state index contributed by atoms with van der Waals surface area (Å²) in [7, 11) is 0. The van der Waals surface area contributed by atoms with Gasteiger partial charge < -0.3 is 19.6 Å². The lowest BCUT2D eigenvalue weighted by Gasteiger charge is -2.32. The fourth-order valence-electron chi connectivity index (χ4n) is 4.83. The molecular weight excluding hydrogens is 410 g/mol. The van der Waals surface area contributed by atoms with Crippen molar-refractivity contribution in [3.8, 4) is 0 Å². The molecule has 5 nitrogen and oxygen atoms in total. The lowest BCUT2D eigenvalue weighted by molar-refractivity contribution is -0.121. The first-order chi connectivity index (χ1) is 16.1. The second kappa shape index (κ2) is 9.18. The van der Waals surface area contributed by atoms with Gasteiger partial charge in [-0.2, -0.15) is 0 Å². The van der Waals surface area contributed by atoms with E-state index in [0.29, 0.717) is 6.42 Å². The lowest BCUT2D eigenvalue weighted by Crippen LogP contribution is -2.34. The highest BCUT2D eigenvalue weighted by atomic mass is 16.3. The van der Waals surface area contributed by atoms with E-state index >= 15 is 0 Å². The van der Waals surface area contributed by atoms with Crippen molar-refractivity contribution >= 4 is 22.5 Å². The SMILES string of the molecule is Cc1ccc(C(NC(=O)Cc2ccc3[nH]ccc3c2)c2ccc(C)o2)c(N2CCCCC2)c1. The van der Waals surface area contributed by atoms with Crippen molar-refractivity contribution in [2.24, 2.45) is 0 Å². The molecule has 1 amide bonds. The molecule has 1 atom stereocenters. The predicted octanol–water partition coefficient (Wildman–Crippen LogP) is 5.82. The highest BCUT2D eigenvalue weighted by molar-refractivity contribution is 5.84. The van der Waals surface area contributed by atoms with Crippen LogP contribution >= 0.6 is 0 Å². The van der Waals surface area contributed by atoms with Crippen molar-refractivity contribution in [1.29, 1.82) is 0 Å². The molecule has 33 heavy (non-hydrogen) atoms. The maximum absolute atomic E-state index is 13.2. The van der Waals surface area contributed by atoms with Crippen LogP contribution in [0.4, 0.5) is 5.69 Å². The summed E-state index contributed by atoms with van der Waals surface area (Å²) in [4.78, 5) is 18.9. The Labute approximate surface area is 194 Å². The monoisotopic (exact) mass is 441 g/mol. The number of carbonyl (C=O) groups is 1. The summed E-state index contributed by atoms with van der Waals surface area (Å²) in [6.07, 6.45) is 5.92. The molecule has 170 valence electrons. The van der Waals surface area contributed by atoms with E-state index in [1.165, 1.54) is 30.5 Å². The number of aromatic nitrogens is 1. The first kappa shape index (κ1) is 21.4. The van der Waals surface area contributed by atoms with E-state index in [-0.39, 0.29) is 11.9 Å². The van der Waals surface area contributed by atoms with Crippen molar-refractivity contribution in [2.45, 2.75) is 45.6 Å².